The average Bonchev–Trinajstić information content (AvgIpc) is 2.25. The fourth-order valence-electron chi connectivity index (χ4n) is 1.66. The van der Waals surface area contributed by atoms with Gasteiger partial charge >= 0.3 is 5.97 Å². The van der Waals surface area contributed by atoms with Crippen molar-refractivity contribution in [2.24, 2.45) is 5.92 Å². The zero-order chi connectivity index (χ0) is 11.5. The summed E-state index contributed by atoms with van der Waals surface area (Å²) in [7, 11) is 0. The second-order valence-electron chi connectivity index (χ2n) is 3.99. The molecule has 0 bridgehead atoms. The third kappa shape index (κ3) is 8.79. The van der Waals surface area contributed by atoms with Crippen molar-refractivity contribution in [2.45, 2.75) is 52.4 Å². The minimum absolute atomic E-state index is 0.188. The molecule has 0 heterocycles. The summed E-state index contributed by atoms with van der Waals surface area (Å²) < 4.78 is 5.12. The van der Waals surface area contributed by atoms with Crippen molar-refractivity contribution >= 4 is 18.6 Å². The third-order valence-corrected chi connectivity index (χ3v) is 2.78. The Morgan fingerprint density at radius 2 is 1.93 bits per heavy atom. The Bertz CT molecular complexity index is 160. The van der Waals surface area contributed by atoms with Crippen molar-refractivity contribution in [2.75, 3.05) is 12.4 Å². The monoisotopic (exact) mass is 232 g/mol. The molecule has 0 aliphatic carbocycles. The summed E-state index contributed by atoms with van der Waals surface area (Å²) >= 11 is 3.88. The van der Waals surface area contributed by atoms with Crippen LogP contribution in [0.5, 0.6) is 0 Å². The second-order valence-corrected chi connectivity index (χ2v) is 4.31. The van der Waals surface area contributed by atoms with Crippen LogP contribution < -0.4 is 0 Å². The molecule has 1 atom stereocenters. The molecule has 1 unspecified atom stereocenters. The largest absolute Gasteiger partial charge is 0.465 e. The van der Waals surface area contributed by atoms with E-state index in [0.29, 0.717) is 12.5 Å². The Morgan fingerprint density at radius 1 is 1.20 bits per heavy atom. The molecule has 0 radical (unpaired) electrons. The summed E-state index contributed by atoms with van der Waals surface area (Å²) in [5, 5.41) is 0. The van der Waals surface area contributed by atoms with E-state index < -0.39 is 0 Å². The van der Waals surface area contributed by atoms with Gasteiger partial charge in [-0.3, -0.25) is 4.79 Å². The van der Waals surface area contributed by atoms with Crippen molar-refractivity contribution in [3.63, 3.8) is 0 Å². The van der Waals surface area contributed by atoms with Crippen LogP contribution in [0, 0.1) is 5.92 Å². The highest BCUT2D eigenvalue weighted by molar-refractivity contribution is 7.81. The lowest BCUT2D eigenvalue weighted by Gasteiger charge is -2.15. The van der Waals surface area contributed by atoms with Crippen molar-refractivity contribution < 1.29 is 9.53 Å². The predicted molar refractivity (Wildman–Crippen MR) is 67.4 cm³/mol. The van der Waals surface area contributed by atoms with Crippen molar-refractivity contribution in [1.82, 2.24) is 0 Å². The lowest BCUT2D eigenvalue weighted by atomic mass is 9.97. The summed E-state index contributed by atoms with van der Waals surface area (Å²) in [5.74, 6) is 0.536. The number of esters is 1. The van der Waals surface area contributed by atoms with Crippen molar-refractivity contribution in [3.05, 3.63) is 0 Å². The number of rotatable bonds is 9. The number of hydrogen-bond donors (Lipinski definition) is 1. The van der Waals surface area contributed by atoms with Gasteiger partial charge in [-0.1, -0.05) is 39.5 Å². The Morgan fingerprint density at radius 3 is 2.47 bits per heavy atom. The summed E-state index contributed by atoms with van der Waals surface area (Å²) in [6.45, 7) is 4.96. The maximum Gasteiger partial charge on any atom is 0.315 e. The van der Waals surface area contributed by atoms with E-state index in [2.05, 4.69) is 26.5 Å². The lowest BCUT2D eigenvalue weighted by Crippen LogP contribution is -2.15. The van der Waals surface area contributed by atoms with Crippen LogP contribution in [-0.2, 0) is 9.53 Å². The van der Waals surface area contributed by atoms with Crippen LogP contribution in [0.3, 0.4) is 0 Å². The maximum absolute atomic E-state index is 11.0. The van der Waals surface area contributed by atoms with Gasteiger partial charge < -0.3 is 4.74 Å². The molecule has 15 heavy (non-hydrogen) atoms. The summed E-state index contributed by atoms with van der Waals surface area (Å²) in [6.07, 6.45) is 7.27. The van der Waals surface area contributed by atoms with E-state index in [1.165, 1.54) is 25.7 Å². The fraction of sp³-hybridized carbons (Fsp3) is 0.917. The molecule has 0 N–H and O–H groups in total. The highest BCUT2D eigenvalue weighted by Gasteiger charge is 2.10. The first-order valence-corrected chi connectivity index (χ1v) is 6.64. The minimum Gasteiger partial charge on any atom is -0.465 e. The van der Waals surface area contributed by atoms with Crippen LogP contribution in [0.1, 0.15) is 52.4 Å². The maximum atomic E-state index is 11.0. The van der Waals surface area contributed by atoms with Crippen LogP contribution in [0.25, 0.3) is 0 Å². The molecule has 0 spiro atoms. The molecule has 3 heteroatoms. The molecular weight excluding hydrogens is 208 g/mol. The van der Waals surface area contributed by atoms with Crippen LogP contribution in [0.15, 0.2) is 0 Å². The standard InChI is InChI=1S/C12H24O2S/c1-3-5-6-8-11(7-4-2)9-14-12(13)10-15/h11,15H,3-10H2,1-2H3. The van der Waals surface area contributed by atoms with Crippen molar-refractivity contribution in [1.29, 1.82) is 0 Å². The molecule has 0 saturated carbocycles. The first-order chi connectivity index (χ1) is 7.24. The van der Waals surface area contributed by atoms with Crippen LogP contribution in [0.4, 0.5) is 0 Å². The molecule has 0 amide bonds. The Balaban J connectivity index is 3.66. The van der Waals surface area contributed by atoms with Gasteiger partial charge in [-0.15, -0.1) is 0 Å². The van der Waals surface area contributed by atoms with Gasteiger partial charge in [0.05, 0.1) is 12.4 Å². The van der Waals surface area contributed by atoms with Gasteiger partial charge in [-0.05, 0) is 18.8 Å². The van der Waals surface area contributed by atoms with Crippen LogP contribution in [0.2, 0.25) is 0 Å². The van der Waals surface area contributed by atoms with Gasteiger partial charge in [0.1, 0.15) is 0 Å². The molecule has 0 aliphatic heterocycles. The molecule has 2 nitrogen and oxygen atoms in total. The zero-order valence-electron chi connectivity index (χ0n) is 10.00. The van der Waals surface area contributed by atoms with Gasteiger partial charge in [0, 0.05) is 0 Å². The Kier molecular flexibility index (Phi) is 10.2. The number of carbonyl (C=O) groups excluding carboxylic acids is 1. The number of carbonyl (C=O) groups is 1. The molecule has 90 valence electrons. The van der Waals surface area contributed by atoms with Gasteiger partial charge in [0.15, 0.2) is 0 Å². The van der Waals surface area contributed by atoms with Crippen molar-refractivity contribution in [3.8, 4) is 0 Å². The summed E-state index contributed by atoms with van der Waals surface area (Å²) in [5.41, 5.74) is 0. The molecule has 0 fully saturated rings. The van der Waals surface area contributed by atoms with E-state index in [0.717, 1.165) is 12.8 Å². The molecule has 0 aromatic rings. The lowest BCUT2D eigenvalue weighted by molar-refractivity contribution is -0.141. The minimum atomic E-state index is -0.199. The van der Waals surface area contributed by atoms with Gasteiger partial charge in [0.2, 0.25) is 0 Å². The highest BCUT2D eigenvalue weighted by atomic mass is 32.1. The number of unbranched alkanes of at least 4 members (excludes halogenated alkanes) is 2. The molecule has 0 aliphatic rings. The third-order valence-electron chi connectivity index (χ3n) is 2.52. The zero-order valence-corrected chi connectivity index (χ0v) is 10.9. The van der Waals surface area contributed by atoms with Gasteiger partial charge in [-0.25, -0.2) is 0 Å². The van der Waals surface area contributed by atoms with Crippen LogP contribution >= 0.6 is 12.6 Å². The Labute approximate surface area is 99.2 Å². The predicted octanol–water partition coefficient (Wildman–Crippen LogP) is 3.46. The average molecular weight is 232 g/mol. The van der Waals surface area contributed by atoms with Gasteiger partial charge in [0.25, 0.3) is 0 Å². The van der Waals surface area contributed by atoms with E-state index in [4.69, 9.17) is 4.74 Å². The van der Waals surface area contributed by atoms with Gasteiger partial charge in [-0.2, -0.15) is 12.6 Å². The molecule has 0 aromatic heterocycles. The quantitative estimate of drug-likeness (QED) is 0.374. The van der Waals surface area contributed by atoms with E-state index >= 15 is 0 Å². The SMILES string of the molecule is CCCCCC(CCC)COC(=O)CS. The normalized spacial score (nSPS) is 12.5. The summed E-state index contributed by atoms with van der Waals surface area (Å²) in [4.78, 5) is 11.0. The molecule has 0 saturated heterocycles. The van der Waals surface area contributed by atoms with E-state index in [1.54, 1.807) is 0 Å². The molecular formula is C12H24O2S. The number of hydrogen-bond acceptors (Lipinski definition) is 3. The van der Waals surface area contributed by atoms with Crippen LogP contribution in [-0.4, -0.2) is 18.3 Å². The topological polar surface area (TPSA) is 26.3 Å². The molecule has 0 aromatic carbocycles. The van der Waals surface area contributed by atoms with E-state index in [1.807, 2.05) is 0 Å². The fourth-order valence-corrected chi connectivity index (χ4v) is 1.75. The Hall–Kier alpha value is -0.180. The first-order valence-electron chi connectivity index (χ1n) is 6.01. The number of thiol groups is 1. The highest BCUT2D eigenvalue weighted by Crippen LogP contribution is 2.16. The number of ether oxygens (including phenoxy) is 1. The summed E-state index contributed by atoms with van der Waals surface area (Å²) in [6, 6.07) is 0. The van der Waals surface area contributed by atoms with E-state index in [9.17, 15) is 4.79 Å². The van der Waals surface area contributed by atoms with E-state index in [-0.39, 0.29) is 11.7 Å². The first kappa shape index (κ1) is 14.8. The molecule has 0 rings (SSSR count). The smallest absolute Gasteiger partial charge is 0.315 e. The second kappa shape index (κ2) is 10.3.